The minimum Gasteiger partial charge on any atom is -0.497 e. The number of hydrogen-bond donors (Lipinski definition) is 2. The maximum Gasteiger partial charge on any atom is 0.239 e. The molecule has 0 aliphatic heterocycles. The van der Waals surface area contributed by atoms with Crippen molar-refractivity contribution in [3.8, 4) is 5.75 Å². The van der Waals surface area contributed by atoms with Gasteiger partial charge in [0.05, 0.1) is 7.11 Å². The van der Waals surface area contributed by atoms with Crippen molar-refractivity contribution in [1.82, 2.24) is 0 Å². The maximum absolute atomic E-state index is 13.1. The summed E-state index contributed by atoms with van der Waals surface area (Å²) in [5.74, 6) is -0.0219. The SMILES string of the molecule is COc1ccc(NC(=O)C23CCC(C)(/C(=N/O)C2=O)C3(C)C)cc1. The number of amides is 1. The van der Waals surface area contributed by atoms with E-state index in [4.69, 9.17) is 4.74 Å². The van der Waals surface area contributed by atoms with Gasteiger partial charge in [0.1, 0.15) is 16.9 Å². The number of ketones is 1. The largest absolute Gasteiger partial charge is 0.497 e. The van der Waals surface area contributed by atoms with Gasteiger partial charge >= 0.3 is 0 Å². The second kappa shape index (κ2) is 5.06. The smallest absolute Gasteiger partial charge is 0.239 e. The van der Waals surface area contributed by atoms with Crippen molar-refractivity contribution in [2.45, 2.75) is 33.6 Å². The number of benzene rings is 1. The van der Waals surface area contributed by atoms with Gasteiger partial charge in [-0.3, -0.25) is 9.59 Å². The lowest BCUT2D eigenvalue weighted by molar-refractivity contribution is -0.140. The third kappa shape index (κ3) is 1.74. The van der Waals surface area contributed by atoms with Crippen molar-refractivity contribution in [2.24, 2.45) is 21.4 Å². The first kappa shape index (κ1) is 16.5. The van der Waals surface area contributed by atoms with E-state index in [0.717, 1.165) is 0 Å². The third-order valence-electron chi connectivity index (χ3n) is 6.41. The number of Topliss-reactive ketones (excluding diaryl/α,β-unsaturated/α-hetero) is 1. The first-order valence-electron chi connectivity index (χ1n) is 7.97. The van der Waals surface area contributed by atoms with Crippen molar-refractivity contribution in [3.05, 3.63) is 24.3 Å². The van der Waals surface area contributed by atoms with Crippen LogP contribution in [0.25, 0.3) is 0 Å². The van der Waals surface area contributed by atoms with E-state index < -0.39 is 16.2 Å². The zero-order valence-corrected chi connectivity index (χ0v) is 14.3. The number of ether oxygens (including phenoxy) is 1. The summed E-state index contributed by atoms with van der Waals surface area (Å²) in [6.07, 6.45) is 1.09. The Morgan fingerprint density at radius 1 is 1.21 bits per heavy atom. The van der Waals surface area contributed by atoms with Crippen LogP contribution in [0.4, 0.5) is 5.69 Å². The Bertz CT molecular complexity index is 738. The van der Waals surface area contributed by atoms with Crippen LogP contribution in [-0.2, 0) is 9.59 Å². The lowest BCUT2D eigenvalue weighted by Crippen LogP contribution is -2.47. The number of anilines is 1. The molecule has 1 amide bonds. The fraction of sp³-hybridized carbons (Fsp3) is 0.500. The molecule has 2 bridgehead atoms. The first-order valence-corrected chi connectivity index (χ1v) is 7.97. The molecule has 2 atom stereocenters. The molecule has 2 aliphatic carbocycles. The second-order valence-corrected chi connectivity index (χ2v) is 7.32. The molecule has 0 heterocycles. The van der Waals surface area contributed by atoms with Crippen LogP contribution in [0.1, 0.15) is 33.6 Å². The maximum atomic E-state index is 13.1. The van der Waals surface area contributed by atoms with E-state index in [9.17, 15) is 14.8 Å². The predicted octanol–water partition coefficient (Wildman–Crippen LogP) is 2.86. The first-order chi connectivity index (χ1) is 11.2. The molecule has 0 radical (unpaired) electrons. The quantitative estimate of drug-likeness (QED) is 0.507. The van der Waals surface area contributed by atoms with Gasteiger partial charge in [-0.25, -0.2) is 0 Å². The van der Waals surface area contributed by atoms with E-state index in [-0.39, 0.29) is 17.4 Å². The average molecular weight is 330 g/mol. The summed E-state index contributed by atoms with van der Waals surface area (Å²) in [4.78, 5) is 26.0. The lowest BCUT2D eigenvalue weighted by Gasteiger charge is -2.37. The summed E-state index contributed by atoms with van der Waals surface area (Å²) >= 11 is 0. The highest BCUT2D eigenvalue weighted by atomic mass is 16.5. The van der Waals surface area contributed by atoms with Crippen molar-refractivity contribution in [3.63, 3.8) is 0 Å². The number of fused-ring (bicyclic) bond motifs is 2. The zero-order valence-electron chi connectivity index (χ0n) is 14.3. The molecule has 1 aromatic carbocycles. The Kier molecular flexibility index (Phi) is 3.48. The molecular formula is C18H22N2O4. The second-order valence-electron chi connectivity index (χ2n) is 7.32. The summed E-state index contributed by atoms with van der Waals surface area (Å²) in [5.41, 5.74) is -1.72. The van der Waals surface area contributed by atoms with Crippen LogP contribution in [0.15, 0.2) is 29.4 Å². The molecule has 3 rings (SSSR count). The predicted molar refractivity (Wildman–Crippen MR) is 89.4 cm³/mol. The van der Waals surface area contributed by atoms with E-state index in [0.29, 0.717) is 24.3 Å². The minimum atomic E-state index is -1.21. The fourth-order valence-electron chi connectivity index (χ4n) is 4.37. The molecule has 24 heavy (non-hydrogen) atoms. The van der Waals surface area contributed by atoms with Crippen LogP contribution in [0, 0.1) is 16.2 Å². The highest BCUT2D eigenvalue weighted by molar-refractivity contribution is 6.51. The Labute approximate surface area is 140 Å². The van der Waals surface area contributed by atoms with Crippen LogP contribution < -0.4 is 10.1 Å². The summed E-state index contributed by atoms with van der Waals surface area (Å²) < 4.78 is 5.10. The Balaban J connectivity index is 1.97. The Morgan fingerprint density at radius 3 is 2.33 bits per heavy atom. The van der Waals surface area contributed by atoms with Crippen LogP contribution in [0.3, 0.4) is 0 Å². The zero-order chi connectivity index (χ0) is 17.8. The lowest BCUT2D eigenvalue weighted by atomic mass is 9.64. The van der Waals surface area contributed by atoms with Gasteiger partial charge in [-0.1, -0.05) is 25.9 Å². The number of nitrogens with zero attached hydrogens (tertiary/aromatic N) is 1. The Hall–Kier alpha value is -2.37. The highest BCUT2D eigenvalue weighted by Crippen LogP contribution is 2.69. The summed E-state index contributed by atoms with van der Waals surface area (Å²) in [6, 6.07) is 6.95. The minimum absolute atomic E-state index is 0.114. The van der Waals surface area contributed by atoms with E-state index in [1.54, 1.807) is 31.4 Å². The van der Waals surface area contributed by atoms with Gasteiger partial charge in [0, 0.05) is 11.1 Å². The molecule has 2 fully saturated rings. The van der Waals surface area contributed by atoms with Gasteiger partial charge in [0.15, 0.2) is 5.78 Å². The van der Waals surface area contributed by atoms with E-state index in [2.05, 4.69) is 10.5 Å². The van der Waals surface area contributed by atoms with Gasteiger partial charge in [0.2, 0.25) is 5.91 Å². The molecule has 2 unspecified atom stereocenters. The van der Waals surface area contributed by atoms with Crippen LogP contribution in [0.2, 0.25) is 0 Å². The average Bonchev–Trinajstić information content (AvgIpc) is 2.83. The molecule has 2 N–H and O–H groups in total. The monoisotopic (exact) mass is 330 g/mol. The van der Waals surface area contributed by atoms with Crippen molar-refractivity contribution >= 4 is 23.1 Å². The number of carbonyl (C=O) groups excluding carboxylic acids is 2. The Morgan fingerprint density at radius 2 is 1.83 bits per heavy atom. The van der Waals surface area contributed by atoms with E-state index in [1.807, 2.05) is 20.8 Å². The standard InChI is InChI=1S/C18H22N2O4/c1-16(2)17(3)9-10-18(16,14(21)13(17)20-23)15(22)19-11-5-7-12(24-4)8-6-11/h5-8,23H,9-10H2,1-4H3,(H,19,22)/b20-13+. The molecule has 0 spiro atoms. The number of carbonyl (C=O) groups is 2. The molecule has 1 aromatic rings. The summed E-state index contributed by atoms with van der Waals surface area (Å²) in [7, 11) is 1.57. The van der Waals surface area contributed by atoms with Crippen molar-refractivity contribution in [1.29, 1.82) is 0 Å². The number of oxime groups is 1. The fourth-order valence-corrected chi connectivity index (χ4v) is 4.37. The van der Waals surface area contributed by atoms with E-state index >= 15 is 0 Å². The molecule has 128 valence electrons. The number of methoxy groups -OCH3 is 1. The topological polar surface area (TPSA) is 88.0 Å². The summed E-state index contributed by atoms with van der Waals surface area (Å²) in [6.45, 7) is 5.71. The van der Waals surface area contributed by atoms with Crippen LogP contribution in [-0.4, -0.2) is 29.7 Å². The molecule has 2 saturated carbocycles. The van der Waals surface area contributed by atoms with E-state index in [1.165, 1.54) is 0 Å². The van der Waals surface area contributed by atoms with Crippen molar-refractivity contribution in [2.75, 3.05) is 12.4 Å². The third-order valence-corrected chi connectivity index (χ3v) is 6.41. The molecule has 0 aromatic heterocycles. The van der Waals surface area contributed by atoms with Crippen molar-refractivity contribution < 1.29 is 19.5 Å². The normalized spacial score (nSPS) is 32.2. The number of hydrogen-bond acceptors (Lipinski definition) is 5. The molecule has 0 saturated heterocycles. The number of nitrogens with one attached hydrogen (secondary N) is 1. The molecular weight excluding hydrogens is 308 g/mol. The van der Waals surface area contributed by atoms with Gasteiger partial charge in [-0.2, -0.15) is 0 Å². The van der Waals surface area contributed by atoms with Crippen LogP contribution >= 0.6 is 0 Å². The highest BCUT2D eigenvalue weighted by Gasteiger charge is 2.76. The van der Waals surface area contributed by atoms with Crippen LogP contribution in [0.5, 0.6) is 5.75 Å². The van der Waals surface area contributed by atoms with Gasteiger partial charge < -0.3 is 15.3 Å². The molecule has 6 heteroatoms. The summed E-state index contributed by atoms with van der Waals surface area (Å²) in [5, 5.41) is 15.4. The molecule has 6 nitrogen and oxygen atoms in total. The van der Waals surface area contributed by atoms with Gasteiger partial charge in [0.25, 0.3) is 0 Å². The van der Waals surface area contributed by atoms with Gasteiger partial charge in [-0.05, 0) is 42.5 Å². The van der Waals surface area contributed by atoms with Gasteiger partial charge in [-0.15, -0.1) is 0 Å². The number of rotatable bonds is 3. The molecule has 2 aliphatic rings.